The van der Waals surface area contributed by atoms with E-state index in [1.54, 1.807) is 27.9 Å². The zero-order chi connectivity index (χ0) is 8.53. The third-order valence-electron chi connectivity index (χ3n) is 0.861. The molecule has 0 aliphatic heterocycles. The molecule has 0 spiro atoms. The van der Waals surface area contributed by atoms with Crippen LogP contribution in [0.15, 0.2) is 30.3 Å². The molecule has 0 aliphatic carbocycles. The van der Waals surface area contributed by atoms with E-state index in [0.717, 1.165) is 5.75 Å². The Morgan fingerprint density at radius 1 is 0.882 bits per heavy atom. The minimum absolute atomic E-state index is 0. The first-order valence-electron chi connectivity index (χ1n) is 2.91. The summed E-state index contributed by atoms with van der Waals surface area (Å²) in [6.07, 6.45) is 0. The molecule has 0 heterocycles. The summed E-state index contributed by atoms with van der Waals surface area (Å²) in [5.74, 6) is 0.910. The van der Waals surface area contributed by atoms with E-state index in [2.05, 4.69) is 3.66 Å². The standard InChI is InChI=1S/C6H6O.CH3O.6ClH.Ti.V/c7-6-4-2-1-3-5-6;1-2;;;;;;;;/h1-5,7H;1H3;6*1H;;/q;-1;;;;;;;2*+1/p-1. The van der Waals surface area contributed by atoms with Gasteiger partial charge in [0.05, 0.1) is 0 Å². The van der Waals surface area contributed by atoms with E-state index < -0.39 is 0 Å². The monoisotopic (exact) mass is 439 g/mol. The molecular formula is C7H14Cl6O2TiV. The summed E-state index contributed by atoms with van der Waals surface area (Å²) in [5.41, 5.74) is 0. The Balaban J connectivity index is -0.0000000206. The van der Waals surface area contributed by atoms with Crippen LogP contribution < -0.4 is 3.32 Å². The van der Waals surface area contributed by atoms with E-state index in [0.29, 0.717) is 0 Å². The molecule has 0 radical (unpaired) electrons. The Hall–Kier alpha value is 2.02. The summed E-state index contributed by atoms with van der Waals surface area (Å²) in [6, 6.07) is 9.68. The molecule has 0 saturated heterocycles. The van der Waals surface area contributed by atoms with Crippen molar-refractivity contribution in [2.45, 2.75) is 0 Å². The second-order valence-corrected chi connectivity index (χ2v) is 2.49. The van der Waals surface area contributed by atoms with Crippen molar-refractivity contribution in [2.75, 3.05) is 7.11 Å². The van der Waals surface area contributed by atoms with Crippen LogP contribution in [0.5, 0.6) is 5.75 Å². The maximum atomic E-state index is 4.91. The van der Waals surface area contributed by atoms with Crippen LogP contribution in [0.25, 0.3) is 0 Å². The van der Waals surface area contributed by atoms with Crippen molar-refractivity contribution >= 4 is 74.4 Å². The summed E-state index contributed by atoms with van der Waals surface area (Å²) in [5, 5.41) is 0. The van der Waals surface area contributed by atoms with Gasteiger partial charge in [-0.2, -0.15) is 0 Å². The van der Waals surface area contributed by atoms with Gasteiger partial charge in [0, 0.05) is 0 Å². The first-order valence-corrected chi connectivity index (χ1v) is 4.12. The second kappa shape index (κ2) is 36.1. The van der Waals surface area contributed by atoms with Crippen molar-refractivity contribution in [2.24, 2.45) is 0 Å². The molecule has 17 heavy (non-hydrogen) atoms. The van der Waals surface area contributed by atoms with Crippen molar-refractivity contribution < 1.29 is 45.6 Å². The zero-order valence-corrected chi connectivity index (χ0v) is 16.5. The summed E-state index contributed by atoms with van der Waals surface area (Å²) in [6.45, 7) is 0. The van der Waals surface area contributed by atoms with Crippen molar-refractivity contribution in [1.29, 1.82) is 0 Å². The molecule has 0 fully saturated rings. The fourth-order valence-electron chi connectivity index (χ4n) is 0.489. The molecule has 0 amide bonds. The first kappa shape index (κ1) is 42.7. The number of hydrogen-bond donors (Lipinski definition) is 0. The average molecular weight is 442 g/mol. The molecule has 0 unspecified atom stereocenters. The van der Waals surface area contributed by atoms with Crippen LogP contribution in [0.2, 0.25) is 0 Å². The van der Waals surface area contributed by atoms with Gasteiger partial charge in [-0.15, -0.1) is 74.4 Å². The average Bonchev–Trinajstić information content (AvgIpc) is 2.08. The number of halogens is 6. The van der Waals surface area contributed by atoms with Gasteiger partial charge in [-0.05, 0) is 0 Å². The predicted octanol–water partition coefficient (Wildman–Crippen LogP) is 4.15. The SMILES string of the molecule is C[O][V].Cl.Cl.Cl.Cl.Cl.Cl.[Ti][O]c1ccccc1. The summed E-state index contributed by atoms with van der Waals surface area (Å²) in [7, 11) is 1.60. The molecular weight excluding hydrogens is 428 g/mol. The van der Waals surface area contributed by atoms with Crippen LogP contribution in [0.4, 0.5) is 0 Å². The van der Waals surface area contributed by atoms with Crippen molar-refractivity contribution in [3.05, 3.63) is 30.3 Å². The molecule has 1 rings (SSSR count). The van der Waals surface area contributed by atoms with Gasteiger partial charge in [0.25, 0.3) is 0 Å². The van der Waals surface area contributed by atoms with Gasteiger partial charge >= 0.3 is 88.8 Å². The van der Waals surface area contributed by atoms with E-state index in [1.165, 1.54) is 0 Å². The van der Waals surface area contributed by atoms with Gasteiger partial charge in [0.2, 0.25) is 0 Å². The van der Waals surface area contributed by atoms with Gasteiger partial charge in [0.15, 0.2) is 0 Å². The molecule has 0 bridgehead atoms. The Morgan fingerprint density at radius 2 is 1.18 bits per heavy atom. The topological polar surface area (TPSA) is 18.5 Å². The van der Waals surface area contributed by atoms with Gasteiger partial charge in [-0.3, -0.25) is 0 Å². The number of rotatable bonds is 1. The fraction of sp³-hybridized carbons (Fsp3) is 0.143. The Morgan fingerprint density at radius 3 is 1.35 bits per heavy atom. The van der Waals surface area contributed by atoms with E-state index in [-0.39, 0.29) is 74.4 Å². The van der Waals surface area contributed by atoms with Gasteiger partial charge in [-0.25, -0.2) is 0 Å². The maximum absolute atomic E-state index is 4.91. The fourth-order valence-corrected chi connectivity index (χ4v) is 0.701. The molecule has 0 aromatic heterocycles. The molecule has 0 N–H and O–H groups in total. The van der Waals surface area contributed by atoms with Crippen molar-refractivity contribution in [1.82, 2.24) is 0 Å². The molecule has 105 valence electrons. The first-order chi connectivity index (χ1) is 5.35. The van der Waals surface area contributed by atoms with Crippen molar-refractivity contribution in [3.8, 4) is 5.75 Å². The molecule has 0 aliphatic rings. The molecule has 0 saturated carbocycles. The van der Waals surface area contributed by atoms with Crippen molar-refractivity contribution in [3.63, 3.8) is 0 Å². The predicted molar refractivity (Wildman–Crippen MR) is 77.6 cm³/mol. The van der Waals surface area contributed by atoms with E-state index in [9.17, 15) is 0 Å². The van der Waals surface area contributed by atoms with Gasteiger partial charge < -0.3 is 0 Å². The van der Waals surface area contributed by atoms with Crippen LogP contribution in [-0.4, -0.2) is 7.11 Å². The third-order valence-corrected chi connectivity index (χ3v) is 1.23. The van der Waals surface area contributed by atoms with Gasteiger partial charge in [-0.1, -0.05) is 0 Å². The van der Waals surface area contributed by atoms with Crippen LogP contribution >= 0.6 is 74.4 Å². The third kappa shape index (κ3) is 32.0. The second-order valence-electron chi connectivity index (χ2n) is 1.60. The molecule has 1 aromatic carbocycles. The number of hydrogen-bond acceptors (Lipinski definition) is 2. The Bertz CT molecular complexity index is 185. The van der Waals surface area contributed by atoms with E-state index in [4.69, 9.17) is 3.32 Å². The summed E-state index contributed by atoms with van der Waals surface area (Å²) in [4.78, 5) is 0. The van der Waals surface area contributed by atoms with Crippen LogP contribution in [0.3, 0.4) is 0 Å². The number of para-hydroxylation sites is 1. The molecule has 2 nitrogen and oxygen atoms in total. The normalized spacial score (nSPS) is 4.94. The number of benzene rings is 1. The molecule has 0 atom stereocenters. The summed E-state index contributed by atoms with van der Waals surface area (Å²) >= 11 is 3.63. The van der Waals surface area contributed by atoms with E-state index >= 15 is 0 Å². The Kier molecular flexibility index (Phi) is 90.9. The van der Waals surface area contributed by atoms with Crippen LogP contribution in [-0.2, 0) is 42.3 Å². The molecule has 1 aromatic rings. The zero-order valence-electron chi connectivity index (χ0n) is 8.60. The molecule has 10 heteroatoms. The quantitative estimate of drug-likeness (QED) is 0.610. The summed E-state index contributed by atoms with van der Waals surface area (Å²) < 4.78 is 9.10. The van der Waals surface area contributed by atoms with E-state index in [1.807, 2.05) is 48.1 Å². The Labute approximate surface area is 161 Å². The van der Waals surface area contributed by atoms with Gasteiger partial charge in [0.1, 0.15) is 0 Å². The van der Waals surface area contributed by atoms with Crippen LogP contribution in [0, 0.1) is 0 Å². The minimum atomic E-state index is 0. The van der Waals surface area contributed by atoms with Crippen LogP contribution in [0.1, 0.15) is 0 Å².